The molecule has 1 unspecified atom stereocenters. The molecule has 2 saturated heterocycles. The van der Waals surface area contributed by atoms with Crippen molar-refractivity contribution in [2.24, 2.45) is 0 Å². The van der Waals surface area contributed by atoms with Crippen LogP contribution in [0.2, 0.25) is 0 Å². The first-order valence-electron chi connectivity index (χ1n) is 13.0. The van der Waals surface area contributed by atoms with Gasteiger partial charge >= 0.3 is 0 Å². The third-order valence-electron chi connectivity index (χ3n) is 7.67. The van der Waals surface area contributed by atoms with Crippen molar-refractivity contribution in [3.05, 3.63) is 29.3 Å². The third kappa shape index (κ3) is 5.23. The van der Waals surface area contributed by atoms with Crippen LogP contribution in [0.25, 0.3) is 0 Å². The smallest absolute Gasteiger partial charge is 0.255 e. The van der Waals surface area contributed by atoms with Crippen molar-refractivity contribution in [2.75, 3.05) is 13.1 Å². The number of rotatable bonds is 5. The summed E-state index contributed by atoms with van der Waals surface area (Å²) < 4.78 is 12.7. The van der Waals surface area contributed by atoms with Crippen LogP contribution in [0.1, 0.15) is 81.6 Å². The number of likely N-dealkylation sites (tertiary alicyclic amines) is 1. The van der Waals surface area contributed by atoms with E-state index in [2.05, 4.69) is 31.0 Å². The zero-order valence-corrected chi connectivity index (χ0v) is 21.0. The van der Waals surface area contributed by atoms with Crippen molar-refractivity contribution in [3.8, 4) is 5.75 Å². The number of carbonyl (C=O) groups is 3. The second kappa shape index (κ2) is 9.54. The van der Waals surface area contributed by atoms with E-state index in [1.165, 1.54) is 0 Å². The Morgan fingerprint density at radius 2 is 1.77 bits per heavy atom. The molecule has 5 rings (SSSR count). The highest BCUT2D eigenvalue weighted by atomic mass is 16.5. The molecule has 1 saturated carbocycles. The van der Waals surface area contributed by atoms with Crippen LogP contribution in [0.3, 0.4) is 0 Å². The van der Waals surface area contributed by atoms with E-state index in [1.807, 2.05) is 18.2 Å². The summed E-state index contributed by atoms with van der Waals surface area (Å²) in [4.78, 5) is 40.9. The number of benzene rings is 1. The van der Waals surface area contributed by atoms with E-state index in [1.54, 1.807) is 4.90 Å². The lowest BCUT2D eigenvalue weighted by atomic mass is 10.0. The molecule has 0 aromatic heterocycles. The number of hydrogen-bond acceptors (Lipinski definition) is 6. The molecule has 3 fully saturated rings. The Bertz CT molecular complexity index is 995. The maximum atomic E-state index is 13.0. The summed E-state index contributed by atoms with van der Waals surface area (Å²) in [6.07, 6.45) is 6.52. The van der Waals surface area contributed by atoms with Gasteiger partial charge in [-0.3, -0.25) is 24.6 Å². The van der Waals surface area contributed by atoms with Gasteiger partial charge in [0.15, 0.2) is 0 Å². The molecule has 1 aromatic rings. The van der Waals surface area contributed by atoms with Crippen molar-refractivity contribution >= 4 is 17.7 Å². The third-order valence-corrected chi connectivity index (χ3v) is 7.67. The molecule has 8 nitrogen and oxygen atoms in total. The Morgan fingerprint density at radius 3 is 2.49 bits per heavy atom. The summed E-state index contributed by atoms with van der Waals surface area (Å²) in [5, 5.41) is 2.35. The first-order valence-corrected chi connectivity index (χ1v) is 13.0. The number of hydrogen-bond donors (Lipinski definition) is 1. The van der Waals surface area contributed by atoms with E-state index in [-0.39, 0.29) is 35.8 Å². The average molecular weight is 484 g/mol. The quantitative estimate of drug-likeness (QED) is 0.648. The Hall–Kier alpha value is -2.45. The van der Waals surface area contributed by atoms with Crippen molar-refractivity contribution in [2.45, 2.75) is 102 Å². The molecule has 1 aromatic carbocycles. The minimum absolute atomic E-state index is 0.103. The average Bonchev–Trinajstić information content (AvgIpc) is 3.38. The molecule has 0 radical (unpaired) electrons. The first-order chi connectivity index (χ1) is 16.7. The fourth-order valence-corrected chi connectivity index (χ4v) is 6.09. The van der Waals surface area contributed by atoms with Crippen LogP contribution in [0.15, 0.2) is 18.2 Å². The second-order valence-corrected chi connectivity index (χ2v) is 11.3. The fraction of sp³-hybridized carbons (Fsp3) is 0.667. The predicted octanol–water partition coefficient (Wildman–Crippen LogP) is 3.03. The summed E-state index contributed by atoms with van der Waals surface area (Å²) in [5.74, 6) is -0.0304. The van der Waals surface area contributed by atoms with Gasteiger partial charge in [-0.2, -0.15) is 0 Å². The molecule has 3 heterocycles. The topological polar surface area (TPSA) is 88.2 Å². The van der Waals surface area contributed by atoms with Gasteiger partial charge in [-0.1, -0.05) is 0 Å². The van der Waals surface area contributed by atoms with Crippen molar-refractivity contribution in [1.82, 2.24) is 15.1 Å². The summed E-state index contributed by atoms with van der Waals surface area (Å²) in [5.41, 5.74) is 1.40. The van der Waals surface area contributed by atoms with Gasteiger partial charge in [0.25, 0.3) is 5.91 Å². The largest absolute Gasteiger partial charge is 0.489 e. The molecule has 3 aliphatic heterocycles. The summed E-state index contributed by atoms with van der Waals surface area (Å²) >= 11 is 0. The standard InChI is InChI=1S/C27H37N3O5/c1-27(2,3)35-18-11-13-29(14-12-18)21-5-4-6-23(21)34-19-7-8-20-17(15-19)16-30(26(20)33)22-9-10-24(31)28-25(22)32/h7-8,15,18,21-23H,4-6,9-14,16H2,1-3H3,(H,28,31,32)/t21-,22?,23+/m0/s1. The molecule has 0 bridgehead atoms. The van der Waals surface area contributed by atoms with Crippen LogP contribution >= 0.6 is 0 Å². The summed E-state index contributed by atoms with van der Waals surface area (Å²) in [6.45, 7) is 8.79. The van der Waals surface area contributed by atoms with Gasteiger partial charge in [0.1, 0.15) is 17.9 Å². The number of amides is 3. The predicted molar refractivity (Wildman–Crippen MR) is 130 cm³/mol. The van der Waals surface area contributed by atoms with E-state index < -0.39 is 6.04 Å². The maximum Gasteiger partial charge on any atom is 0.255 e. The van der Waals surface area contributed by atoms with Crippen LogP contribution in [0.5, 0.6) is 5.75 Å². The highest BCUT2D eigenvalue weighted by Crippen LogP contribution is 2.34. The zero-order valence-electron chi connectivity index (χ0n) is 21.0. The van der Waals surface area contributed by atoms with E-state index in [0.717, 1.165) is 56.5 Å². The van der Waals surface area contributed by atoms with Gasteiger partial charge in [-0.15, -0.1) is 0 Å². The summed E-state index contributed by atoms with van der Waals surface area (Å²) in [6, 6.07) is 5.46. The number of nitrogens with zero attached hydrogens (tertiary/aromatic N) is 2. The maximum absolute atomic E-state index is 13.0. The molecule has 3 amide bonds. The van der Waals surface area contributed by atoms with E-state index >= 15 is 0 Å². The zero-order chi connectivity index (χ0) is 24.7. The molecular weight excluding hydrogens is 446 g/mol. The van der Waals surface area contributed by atoms with Gasteiger partial charge in [0.2, 0.25) is 11.8 Å². The lowest BCUT2D eigenvalue weighted by Crippen LogP contribution is -2.52. The minimum Gasteiger partial charge on any atom is -0.489 e. The lowest BCUT2D eigenvalue weighted by Gasteiger charge is -2.40. The van der Waals surface area contributed by atoms with Crippen molar-refractivity contribution in [1.29, 1.82) is 0 Å². The van der Waals surface area contributed by atoms with E-state index in [0.29, 0.717) is 30.7 Å². The number of ether oxygens (including phenoxy) is 2. The molecule has 0 spiro atoms. The molecule has 3 atom stereocenters. The van der Waals surface area contributed by atoms with Gasteiger partial charge in [-0.25, -0.2) is 0 Å². The highest BCUT2D eigenvalue weighted by Gasteiger charge is 2.40. The SMILES string of the molecule is CC(C)(C)OC1CCN([C@H]2CCC[C@H]2Oc2ccc3c(c2)CN(C2CCC(=O)NC2=O)C3=O)CC1. The van der Waals surface area contributed by atoms with E-state index in [4.69, 9.17) is 9.47 Å². The molecule has 4 aliphatic rings. The number of fused-ring (bicyclic) bond motifs is 1. The number of carbonyl (C=O) groups excluding carboxylic acids is 3. The molecule has 190 valence electrons. The fourth-order valence-electron chi connectivity index (χ4n) is 6.09. The minimum atomic E-state index is -0.596. The Labute approximate surface area is 207 Å². The number of piperidine rings is 2. The number of imide groups is 1. The molecule has 1 N–H and O–H groups in total. The van der Waals surface area contributed by atoms with Crippen LogP contribution in [0.4, 0.5) is 0 Å². The van der Waals surface area contributed by atoms with Gasteiger partial charge in [0.05, 0.1) is 11.7 Å². The van der Waals surface area contributed by atoms with Crippen molar-refractivity contribution in [3.63, 3.8) is 0 Å². The Balaban J connectivity index is 1.21. The molecule has 1 aliphatic carbocycles. The van der Waals surface area contributed by atoms with Gasteiger partial charge < -0.3 is 14.4 Å². The van der Waals surface area contributed by atoms with Crippen LogP contribution in [0, 0.1) is 0 Å². The lowest BCUT2D eigenvalue weighted by molar-refractivity contribution is -0.136. The monoisotopic (exact) mass is 483 g/mol. The second-order valence-electron chi connectivity index (χ2n) is 11.3. The normalized spacial score (nSPS) is 28.4. The van der Waals surface area contributed by atoms with Crippen LogP contribution in [-0.2, 0) is 20.9 Å². The Morgan fingerprint density at radius 1 is 1.00 bits per heavy atom. The van der Waals surface area contributed by atoms with Crippen LogP contribution in [-0.4, -0.2) is 70.5 Å². The van der Waals surface area contributed by atoms with Crippen molar-refractivity contribution < 1.29 is 23.9 Å². The molecule has 35 heavy (non-hydrogen) atoms. The molecule has 8 heteroatoms. The number of nitrogens with one attached hydrogen (secondary N) is 1. The first kappa shape index (κ1) is 24.3. The van der Waals surface area contributed by atoms with Gasteiger partial charge in [0, 0.05) is 37.7 Å². The summed E-state index contributed by atoms with van der Waals surface area (Å²) in [7, 11) is 0. The highest BCUT2D eigenvalue weighted by molar-refractivity contribution is 6.05. The van der Waals surface area contributed by atoms with Crippen LogP contribution < -0.4 is 10.1 Å². The van der Waals surface area contributed by atoms with E-state index in [9.17, 15) is 14.4 Å². The Kier molecular flexibility index (Phi) is 6.61. The van der Waals surface area contributed by atoms with Gasteiger partial charge in [-0.05, 0) is 83.1 Å². The molecular formula is C27H37N3O5.